The molecule has 0 atom stereocenters. The smallest absolute Gasteiger partial charge is 0.314 e. The van der Waals surface area contributed by atoms with Crippen molar-refractivity contribution in [2.24, 2.45) is 0 Å². The van der Waals surface area contributed by atoms with Gasteiger partial charge in [0.1, 0.15) is 0 Å². The summed E-state index contributed by atoms with van der Waals surface area (Å²) in [6, 6.07) is 7.60. The predicted octanol–water partition coefficient (Wildman–Crippen LogP) is 2.21. The minimum atomic E-state index is -0.844. The Hall–Kier alpha value is -1.30. The van der Waals surface area contributed by atoms with Crippen LogP contribution in [0.15, 0.2) is 24.3 Å². The molecular formula is C17H23ClN2O3. The molecule has 0 spiro atoms. The van der Waals surface area contributed by atoms with Crippen LogP contribution in [0.2, 0.25) is 5.02 Å². The Labute approximate surface area is 141 Å². The summed E-state index contributed by atoms with van der Waals surface area (Å²) in [5.41, 5.74) is 0.408. The Bertz CT molecular complexity index is 551. The van der Waals surface area contributed by atoms with Crippen molar-refractivity contribution in [2.45, 2.75) is 36.7 Å². The van der Waals surface area contributed by atoms with Crippen molar-refractivity contribution >= 4 is 17.6 Å². The molecule has 126 valence electrons. The second-order valence-corrected chi connectivity index (χ2v) is 7.10. The van der Waals surface area contributed by atoms with Gasteiger partial charge in [0, 0.05) is 49.6 Å². The molecule has 0 bridgehead atoms. The lowest BCUT2D eigenvalue weighted by atomic mass is 9.94. The molecule has 2 aliphatic rings. The molecule has 23 heavy (non-hydrogen) atoms. The quantitative estimate of drug-likeness (QED) is 0.771. The van der Waals surface area contributed by atoms with Crippen molar-refractivity contribution in [1.82, 2.24) is 10.6 Å². The first-order valence-corrected chi connectivity index (χ1v) is 8.47. The number of hydrogen-bond acceptors (Lipinski definition) is 3. The Morgan fingerprint density at radius 2 is 1.70 bits per heavy atom. The first kappa shape index (κ1) is 16.6. The summed E-state index contributed by atoms with van der Waals surface area (Å²) in [6.45, 7) is 1.94. The Morgan fingerprint density at radius 3 is 2.30 bits per heavy atom. The van der Waals surface area contributed by atoms with E-state index in [1.165, 1.54) is 5.56 Å². The van der Waals surface area contributed by atoms with E-state index in [9.17, 15) is 9.90 Å². The zero-order chi connectivity index (χ0) is 16.3. The van der Waals surface area contributed by atoms with Gasteiger partial charge in [0.05, 0.1) is 5.60 Å². The van der Waals surface area contributed by atoms with E-state index >= 15 is 0 Å². The van der Waals surface area contributed by atoms with E-state index in [1.807, 2.05) is 24.3 Å². The molecule has 5 nitrogen and oxygen atoms in total. The highest BCUT2D eigenvalue weighted by Crippen LogP contribution is 2.47. The average molecular weight is 339 g/mol. The highest BCUT2D eigenvalue weighted by Gasteiger charge is 2.44. The lowest BCUT2D eigenvalue weighted by molar-refractivity contribution is -0.0600. The number of aliphatic hydroxyl groups is 1. The molecule has 2 fully saturated rings. The number of urea groups is 1. The van der Waals surface area contributed by atoms with Gasteiger partial charge in [-0.15, -0.1) is 0 Å². The Kier molecular flexibility index (Phi) is 4.80. The van der Waals surface area contributed by atoms with Crippen LogP contribution in [0, 0.1) is 0 Å². The maximum atomic E-state index is 12.0. The number of rotatable bonds is 5. The van der Waals surface area contributed by atoms with Gasteiger partial charge in [-0.05, 0) is 30.5 Å². The molecule has 2 amide bonds. The fourth-order valence-corrected chi connectivity index (χ4v) is 3.13. The van der Waals surface area contributed by atoms with Crippen molar-refractivity contribution in [3.8, 4) is 0 Å². The molecule has 3 N–H and O–H groups in total. The normalized spacial score (nSPS) is 21.5. The summed E-state index contributed by atoms with van der Waals surface area (Å²) in [7, 11) is 0. The number of nitrogens with one attached hydrogen (secondary N) is 2. The summed E-state index contributed by atoms with van der Waals surface area (Å²) >= 11 is 5.93. The topological polar surface area (TPSA) is 70.6 Å². The number of benzene rings is 1. The average Bonchev–Trinajstić information content (AvgIpc) is 3.34. The van der Waals surface area contributed by atoms with E-state index in [0.717, 1.165) is 17.9 Å². The zero-order valence-corrected chi connectivity index (χ0v) is 13.9. The van der Waals surface area contributed by atoms with Gasteiger partial charge in [-0.3, -0.25) is 0 Å². The van der Waals surface area contributed by atoms with Crippen LogP contribution in [-0.2, 0) is 10.2 Å². The van der Waals surface area contributed by atoms with Gasteiger partial charge < -0.3 is 20.5 Å². The maximum absolute atomic E-state index is 12.0. The number of ether oxygens (including phenoxy) is 1. The molecular weight excluding hydrogens is 316 g/mol. The molecule has 1 aromatic carbocycles. The van der Waals surface area contributed by atoms with Crippen LogP contribution < -0.4 is 10.6 Å². The standard InChI is InChI=1S/C17H23ClN2O3/c18-14-3-1-13(2-4-14)16(5-6-16)11-19-15(21)20-12-17(22)7-9-23-10-8-17/h1-4,22H,5-12H2,(H2,19,20,21). The van der Waals surface area contributed by atoms with Gasteiger partial charge in [0.2, 0.25) is 0 Å². The molecule has 1 saturated carbocycles. The molecule has 0 aromatic heterocycles. The van der Waals surface area contributed by atoms with Crippen LogP contribution in [0.1, 0.15) is 31.2 Å². The molecule has 1 aliphatic carbocycles. The second kappa shape index (κ2) is 6.67. The monoisotopic (exact) mass is 338 g/mol. The molecule has 3 rings (SSSR count). The van der Waals surface area contributed by atoms with Gasteiger partial charge >= 0.3 is 6.03 Å². The molecule has 1 aromatic rings. The molecule has 1 aliphatic heterocycles. The van der Waals surface area contributed by atoms with Crippen molar-refractivity contribution < 1.29 is 14.6 Å². The van der Waals surface area contributed by atoms with Crippen LogP contribution in [-0.4, -0.2) is 43.0 Å². The third kappa shape index (κ3) is 4.16. The highest BCUT2D eigenvalue weighted by molar-refractivity contribution is 6.30. The summed E-state index contributed by atoms with van der Waals surface area (Å²) in [4.78, 5) is 12.0. The Balaban J connectivity index is 1.46. The maximum Gasteiger partial charge on any atom is 0.314 e. The molecule has 0 unspecified atom stereocenters. The highest BCUT2D eigenvalue weighted by atomic mass is 35.5. The van der Waals surface area contributed by atoms with E-state index < -0.39 is 5.60 Å². The van der Waals surface area contributed by atoms with Crippen LogP contribution in [0.5, 0.6) is 0 Å². The molecule has 1 heterocycles. The number of carbonyl (C=O) groups excluding carboxylic acids is 1. The summed E-state index contributed by atoms with van der Waals surface area (Å²) in [5, 5.41) is 16.8. The summed E-state index contributed by atoms with van der Waals surface area (Å²) < 4.78 is 5.23. The minimum Gasteiger partial charge on any atom is -0.388 e. The number of halogens is 1. The lowest BCUT2D eigenvalue weighted by Crippen LogP contribution is -2.49. The van der Waals surface area contributed by atoms with Crippen molar-refractivity contribution in [3.05, 3.63) is 34.9 Å². The van der Waals surface area contributed by atoms with Crippen molar-refractivity contribution in [3.63, 3.8) is 0 Å². The van der Waals surface area contributed by atoms with Gasteiger partial charge in [-0.25, -0.2) is 4.79 Å². The van der Waals surface area contributed by atoms with Gasteiger partial charge in [-0.1, -0.05) is 23.7 Å². The number of amides is 2. The van der Waals surface area contributed by atoms with Crippen LogP contribution in [0.4, 0.5) is 4.79 Å². The largest absolute Gasteiger partial charge is 0.388 e. The van der Waals surface area contributed by atoms with Gasteiger partial charge in [0.15, 0.2) is 0 Å². The predicted molar refractivity (Wildman–Crippen MR) is 88.8 cm³/mol. The van der Waals surface area contributed by atoms with E-state index in [1.54, 1.807) is 0 Å². The van der Waals surface area contributed by atoms with E-state index in [4.69, 9.17) is 16.3 Å². The third-order valence-corrected chi connectivity index (χ3v) is 5.15. The van der Waals surface area contributed by atoms with Crippen molar-refractivity contribution in [2.75, 3.05) is 26.3 Å². The fraction of sp³-hybridized carbons (Fsp3) is 0.588. The summed E-state index contributed by atoms with van der Waals surface area (Å²) in [5.74, 6) is 0. The first-order valence-electron chi connectivity index (χ1n) is 8.09. The molecule has 6 heteroatoms. The van der Waals surface area contributed by atoms with Crippen LogP contribution in [0.3, 0.4) is 0 Å². The van der Waals surface area contributed by atoms with Gasteiger partial charge in [0.25, 0.3) is 0 Å². The lowest BCUT2D eigenvalue weighted by Gasteiger charge is -2.32. The minimum absolute atomic E-state index is 0.0392. The van der Waals surface area contributed by atoms with E-state index in [2.05, 4.69) is 10.6 Å². The third-order valence-electron chi connectivity index (χ3n) is 4.90. The van der Waals surface area contributed by atoms with Crippen LogP contribution >= 0.6 is 11.6 Å². The number of hydrogen-bond donors (Lipinski definition) is 3. The fourth-order valence-electron chi connectivity index (χ4n) is 3.01. The first-order chi connectivity index (χ1) is 11.0. The van der Waals surface area contributed by atoms with Crippen LogP contribution in [0.25, 0.3) is 0 Å². The van der Waals surface area contributed by atoms with E-state index in [-0.39, 0.29) is 18.0 Å². The molecule has 1 saturated heterocycles. The SMILES string of the molecule is O=C(NCC1(O)CCOCC1)NCC1(c2ccc(Cl)cc2)CC1. The van der Waals surface area contributed by atoms with Gasteiger partial charge in [-0.2, -0.15) is 0 Å². The summed E-state index contributed by atoms with van der Waals surface area (Å²) in [6.07, 6.45) is 3.25. The van der Waals surface area contributed by atoms with E-state index in [0.29, 0.717) is 32.6 Å². The molecule has 0 radical (unpaired) electrons. The second-order valence-electron chi connectivity index (χ2n) is 6.66. The zero-order valence-electron chi connectivity index (χ0n) is 13.1. The Morgan fingerprint density at radius 1 is 1.09 bits per heavy atom. The van der Waals surface area contributed by atoms with Crippen molar-refractivity contribution in [1.29, 1.82) is 0 Å². The number of carbonyl (C=O) groups is 1.